The van der Waals surface area contributed by atoms with E-state index in [0.717, 1.165) is 0 Å². The van der Waals surface area contributed by atoms with Crippen LogP contribution >= 0.6 is 0 Å². The van der Waals surface area contributed by atoms with Gasteiger partial charge >= 0.3 is 5.97 Å². The van der Waals surface area contributed by atoms with E-state index in [1.807, 2.05) is 0 Å². The summed E-state index contributed by atoms with van der Waals surface area (Å²) in [6.45, 7) is 1.58. The first-order valence-electron chi connectivity index (χ1n) is 6.95. The number of nitrogens with one attached hydrogen (secondary N) is 2. The fraction of sp³-hybridized carbons (Fsp3) is 0.400. The summed E-state index contributed by atoms with van der Waals surface area (Å²) in [7, 11) is 1.27. The first-order valence-corrected chi connectivity index (χ1v) is 6.95. The summed E-state index contributed by atoms with van der Waals surface area (Å²) < 4.78 is 4.87. The van der Waals surface area contributed by atoms with Crippen LogP contribution in [-0.2, 0) is 16.0 Å². The van der Waals surface area contributed by atoms with Crippen LogP contribution in [0.25, 0.3) is 0 Å². The molecule has 116 valence electrons. The van der Waals surface area contributed by atoms with Crippen molar-refractivity contribution in [1.29, 1.82) is 0 Å². The lowest BCUT2D eigenvalue weighted by Gasteiger charge is -2.40. The number of aromatic nitrogens is 3. The third-order valence-corrected chi connectivity index (χ3v) is 4.24. The molecule has 0 unspecified atom stereocenters. The summed E-state index contributed by atoms with van der Waals surface area (Å²) in [5, 5.41) is 16.1. The fourth-order valence-electron chi connectivity index (χ4n) is 3.30. The van der Waals surface area contributed by atoms with Crippen LogP contribution in [0.1, 0.15) is 29.7 Å². The molecule has 0 aromatic carbocycles. The van der Waals surface area contributed by atoms with Crippen LogP contribution < -0.4 is 5.56 Å². The molecule has 0 amide bonds. The minimum Gasteiger partial charge on any atom is -0.469 e. The van der Waals surface area contributed by atoms with Crippen molar-refractivity contribution in [3.63, 3.8) is 0 Å². The molecule has 2 aromatic heterocycles. The Hall–Kier alpha value is -2.41. The number of carbonyl (C=O) groups excluding carboxylic acids is 1. The van der Waals surface area contributed by atoms with Gasteiger partial charge in [-0.25, -0.2) is 0 Å². The third kappa shape index (κ3) is 2.14. The van der Waals surface area contributed by atoms with Gasteiger partial charge in [-0.05, 0) is 18.6 Å². The van der Waals surface area contributed by atoms with Gasteiger partial charge in [0.25, 0.3) is 5.56 Å². The number of esters is 1. The number of hydrogen-bond donors (Lipinski definition) is 3. The maximum atomic E-state index is 12.3. The summed E-state index contributed by atoms with van der Waals surface area (Å²) in [5.74, 6) is -2.05. The van der Waals surface area contributed by atoms with Crippen molar-refractivity contribution >= 4 is 5.97 Å². The summed E-state index contributed by atoms with van der Waals surface area (Å²) in [4.78, 5) is 28.5. The highest BCUT2D eigenvalue weighted by Gasteiger charge is 2.51. The molecule has 1 aliphatic carbocycles. The molecular formula is C15H17N3O4. The molecule has 0 aliphatic heterocycles. The van der Waals surface area contributed by atoms with Crippen LogP contribution in [0.2, 0.25) is 0 Å². The molecule has 0 bridgehead atoms. The number of rotatable bonds is 2. The van der Waals surface area contributed by atoms with Gasteiger partial charge in [-0.3, -0.25) is 19.7 Å². The van der Waals surface area contributed by atoms with E-state index in [4.69, 9.17) is 4.74 Å². The lowest BCUT2D eigenvalue weighted by molar-refractivity contribution is -0.156. The SMILES string of the molecule is COC(=O)[C@H]1[C@@H](c2cccnc2)c2c([nH][nH]c2=O)C[C@@]1(C)O. The second kappa shape index (κ2) is 5.10. The second-order valence-corrected chi connectivity index (χ2v) is 5.77. The van der Waals surface area contributed by atoms with Gasteiger partial charge in [-0.1, -0.05) is 6.07 Å². The van der Waals surface area contributed by atoms with Crippen LogP contribution in [0.5, 0.6) is 0 Å². The van der Waals surface area contributed by atoms with E-state index in [2.05, 4.69) is 15.2 Å². The normalized spacial score (nSPS) is 27.2. The first-order chi connectivity index (χ1) is 10.5. The topological polar surface area (TPSA) is 108 Å². The lowest BCUT2D eigenvalue weighted by Crippen LogP contribution is -2.49. The molecule has 1 aliphatic rings. The highest BCUT2D eigenvalue weighted by molar-refractivity contribution is 5.77. The van der Waals surface area contributed by atoms with Gasteiger partial charge < -0.3 is 14.9 Å². The molecule has 22 heavy (non-hydrogen) atoms. The van der Waals surface area contributed by atoms with Crippen LogP contribution in [0.4, 0.5) is 0 Å². The number of ether oxygens (including phenoxy) is 1. The molecule has 7 nitrogen and oxygen atoms in total. The predicted molar refractivity (Wildman–Crippen MR) is 77.3 cm³/mol. The van der Waals surface area contributed by atoms with Crippen molar-refractivity contribution in [3.8, 4) is 0 Å². The highest BCUT2D eigenvalue weighted by atomic mass is 16.5. The van der Waals surface area contributed by atoms with Crippen molar-refractivity contribution in [2.45, 2.75) is 24.9 Å². The van der Waals surface area contributed by atoms with Crippen molar-refractivity contribution in [1.82, 2.24) is 15.2 Å². The van der Waals surface area contributed by atoms with E-state index >= 15 is 0 Å². The number of methoxy groups -OCH3 is 1. The molecule has 0 radical (unpaired) electrons. The van der Waals surface area contributed by atoms with Crippen LogP contribution in [0.3, 0.4) is 0 Å². The molecule has 0 saturated heterocycles. The highest BCUT2D eigenvalue weighted by Crippen LogP contribution is 2.44. The van der Waals surface area contributed by atoms with E-state index in [9.17, 15) is 14.7 Å². The van der Waals surface area contributed by atoms with Gasteiger partial charge in [0, 0.05) is 36.0 Å². The Kier molecular flexibility index (Phi) is 3.37. The Morgan fingerprint density at radius 1 is 1.50 bits per heavy atom. The first kappa shape index (κ1) is 14.5. The maximum absolute atomic E-state index is 12.3. The van der Waals surface area contributed by atoms with Crippen molar-refractivity contribution < 1.29 is 14.6 Å². The van der Waals surface area contributed by atoms with Gasteiger partial charge in [0.2, 0.25) is 0 Å². The smallest absolute Gasteiger partial charge is 0.312 e. The van der Waals surface area contributed by atoms with Gasteiger partial charge in [-0.15, -0.1) is 0 Å². The quantitative estimate of drug-likeness (QED) is 0.693. The van der Waals surface area contributed by atoms with E-state index in [1.165, 1.54) is 7.11 Å². The molecule has 3 N–H and O–H groups in total. The average molecular weight is 303 g/mol. The number of aliphatic hydroxyl groups is 1. The molecule has 2 heterocycles. The summed E-state index contributed by atoms with van der Waals surface area (Å²) in [6.07, 6.45) is 3.37. The Bertz CT molecular complexity index is 748. The number of pyridine rings is 1. The van der Waals surface area contributed by atoms with Gasteiger partial charge in [0.15, 0.2) is 0 Å². The minimum absolute atomic E-state index is 0.164. The molecule has 3 atom stereocenters. The standard InChI is InChI=1S/C15H17N3O4/c1-15(21)6-9-11(13(19)18-17-9)10(12(15)14(20)22-2)8-4-3-5-16-7-8/h3-5,7,10,12,21H,6H2,1-2H3,(H2,17,18,19)/t10-,12+,15+/m0/s1. The molecule has 7 heteroatoms. The van der Waals surface area contributed by atoms with Crippen molar-refractivity contribution in [2.24, 2.45) is 5.92 Å². The van der Waals surface area contributed by atoms with Crippen LogP contribution in [0.15, 0.2) is 29.3 Å². The Labute approximate surface area is 126 Å². The minimum atomic E-state index is -1.34. The van der Waals surface area contributed by atoms with E-state index < -0.39 is 23.4 Å². The molecule has 3 rings (SSSR count). The van der Waals surface area contributed by atoms with Crippen molar-refractivity contribution in [2.75, 3.05) is 7.11 Å². The zero-order valence-electron chi connectivity index (χ0n) is 12.3. The monoisotopic (exact) mass is 303 g/mol. The zero-order chi connectivity index (χ0) is 15.9. The average Bonchev–Trinajstić information content (AvgIpc) is 2.85. The molecule has 0 saturated carbocycles. The van der Waals surface area contributed by atoms with Gasteiger partial charge in [0.1, 0.15) is 0 Å². The van der Waals surface area contributed by atoms with E-state index in [0.29, 0.717) is 16.8 Å². The Balaban J connectivity index is 2.25. The zero-order valence-corrected chi connectivity index (χ0v) is 12.3. The van der Waals surface area contributed by atoms with Crippen LogP contribution in [-0.4, -0.2) is 39.0 Å². The number of nitrogens with zero attached hydrogens (tertiary/aromatic N) is 1. The molecule has 0 fully saturated rings. The van der Waals surface area contributed by atoms with Crippen molar-refractivity contribution in [3.05, 3.63) is 51.7 Å². The molecular weight excluding hydrogens is 286 g/mol. The fourth-order valence-corrected chi connectivity index (χ4v) is 3.30. The third-order valence-electron chi connectivity index (χ3n) is 4.24. The number of H-pyrrole nitrogens is 2. The Morgan fingerprint density at radius 3 is 2.91 bits per heavy atom. The summed E-state index contributed by atoms with van der Waals surface area (Å²) in [5.41, 5.74) is 0.0996. The van der Waals surface area contributed by atoms with Crippen LogP contribution in [0, 0.1) is 5.92 Å². The second-order valence-electron chi connectivity index (χ2n) is 5.77. The van der Waals surface area contributed by atoms with E-state index in [1.54, 1.807) is 31.5 Å². The maximum Gasteiger partial charge on any atom is 0.312 e. The largest absolute Gasteiger partial charge is 0.469 e. The lowest BCUT2D eigenvalue weighted by atomic mass is 9.66. The number of hydrogen-bond acceptors (Lipinski definition) is 5. The number of carbonyl (C=O) groups is 1. The molecule has 2 aromatic rings. The van der Waals surface area contributed by atoms with Gasteiger partial charge in [-0.2, -0.15) is 0 Å². The number of aromatic amines is 2. The Morgan fingerprint density at radius 2 is 2.27 bits per heavy atom. The summed E-state index contributed by atoms with van der Waals surface area (Å²) >= 11 is 0. The number of fused-ring (bicyclic) bond motifs is 1. The predicted octanol–water partition coefficient (Wildman–Crippen LogP) is 0.326. The van der Waals surface area contributed by atoms with E-state index in [-0.39, 0.29) is 12.0 Å². The van der Waals surface area contributed by atoms with Gasteiger partial charge in [0.05, 0.1) is 18.6 Å². The molecule has 0 spiro atoms. The summed E-state index contributed by atoms with van der Waals surface area (Å²) in [6, 6.07) is 3.51.